The first-order valence-electron chi connectivity index (χ1n) is 13.3. The molecule has 0 spiro atoms. The molecular formula is C31H38ClN3O4S. The van der Waals surface area contributed by atoms with Crippen LogP contribution in [0, 0.1) is 19.8 Å². The van der Waals surface area contributed by atoms with Gasteiger partial charge in [-0.1, -0.05) is 91.7 Å². The maximum Gasteiger partial charge on any atom is 0.244 e. The third-order valence-corrected chi connectivity index (χ3v) is 8.10. The van der Waals surface area contributed by atoms with Crippen LogP contribution in [0.15, 0.2) is 72.8 Å². The molecule has 3 aromatic rings. The molecular weight excluding hydrogens is 546 g/mol. The number of hydrogen-bond acceptors (Lipinski definition) is 4. The Balaban J connectivity index is 2.05. The lowest BCUT2D eigenvalue weighted by molar-refractivity contribution is -0.140. The van der Waals surface area contributed by atoms with E-state index >= 15 is 0 Å². The van der Waals surface area contributed by atoms with E-state index in [0.29, 0.717) is 11.6 Å². The molecule has 0 aliphatic carbocycles. The lowest BCUT2D eigenvalue weighted by Gasteiger charge is -2.33. The molecule has 40 heavy (non-hydrogen) atoms. The zero-order valence-electron chi connectivity index (χ0n) is 23.7. The fourth-order valence-corrected chi connectivity index (χ4v) is 5.23. The van der Waals surface area contributed by atoms with Crippen molar-refractivity contribution < 1.29 is 18.0 Å². The number of nitrogens with zero attached hydrogens (tertiary/aromatic N) is 2. The number of carbonyl (C=O) groups excluding carboxylic acids is 2. The largest absolute Gasteiger partial charge is 0.354 e. The predicted octanol–water partition coefficient (Wildman–Crippen LogP) is 5.14. The van der Waals surface area contributed by atoms with E-state index in [1.165, 1.54) is 11.0 Å². The summed E-state index contributed by atoms with van der Waals surface area (Å²) in [5.74, 6) is -0.569. The van der Waals surface area contributed by atoms with Gasteiger partial charge in [0.1, 0.15) is 12.6 Å². The van der Waals surface area contributed by atoms with Gasteiger partial charge in [-0.25, -0.2) is 8.42 Å². The molecule has 0 radical (unpaired) electrons. The van der Waals surface area contributed by atoms with Gasteiger partial charge in [-0.3, -0.25) is 13.9 Å². The van der Waals surface area contributed by atoms with Gasteiger partial charge in [0.25, 0.3) is 0 Å². The van der Waals surface area contributed by atoms with E-state index < -0.39 is 28.5 Å². The van der Waals surface area contributed by atoms with E-state index in [2.05, 4.69) is 5.32 Å². The molecule has 2 amide bonds. The molecule has 214 valence electrons. The highest BCUT2D eigenvalue weighted by Gasteiger charge is 2.33. The minimum atomic E-state index is -3.85. The summed E-state index contributed by atoms with van der Waals surface area (Å²) in [5.41, 5.74) is 3.86. The molecule has 0 aliphatic heterocycles. The molecule has 0 fully saturated rings. The first-order chi connectivity index (χ1) is 18.8. The van der Waals surface area contributed by atoms with Crippen LogP contribution in [0.3, 0.4) is 0 Å². The van der Waals surface area contributed by atoms with E-state index in [1.54, 1.807) is 12.1 Å². The van der Waals surface area contributed by atoms with Gasteiger partial charge in [-0.05, 0) is 48.6 Å². The van der Waals surface area contributed by atoms with Crippen LogP contribution in [0.5, 0.6) is 0 Å². The molecule has 3 rings (SSSR count). The van der Waals surface area contributed by atoms with Gasteiger partial charge in [-0.2, -0.15) is 0 Å². The van der Waals surface area contributed by atoms with Crippen molar-refractivity contribution in [3.8, 4) is 0 Å². The number of nitrogens with one attached hydrogen (secondary N) is 1. The van der Waals surface area contributed by atoms with Crippen LogP contribution in [-0.2, 0) is 32.6 Å². The second kappa shape index (κ2) is 13.8. The molecule has 9 heteroatoms. The van der Waals surface area contributed by atoms with Crippen molar-refractivity contribution in [1.82, 2.24) is 10.2 Å². The van der Waals surface area contributed by atoms with Gasteiger partial charge in [0.2, 0.25) is 21.8 Å². The average Bonchev–Trinajstić information content (AvgIpc) is 2.90. The van der Waals surface area contributed by atoms with Gasteiger partial charge >= 0.3 is 0 Å². The van der Waals surface area contributed by atoms with E-state index in [4.69, 9.17) is 11.6 Å². The number of amides is 2. The molecule has 0 aromatic heterocycles. The van der Waals surface area contributed by atoms with E-state index in [9.17, 15) is 18.0 Å². The topological polar surface area (TPSA) is 86.8 Å². The number of halogens is 1. The fraction of sp³-hybridized carbons (Fsp3) is 0.355. The van der Waals surface area contributed by atoms with Crippen molar-refractivity contribution in [2.24, 2.45) is 5.92 Å². The number of rotatable bonds is 12. The highest BCUT2D eigenvalue weighted by Crippen LogP contribution is 2.26. The Morgan fingerprint density at radius 2 is 1.57 bits per heavy atom. The molecule has 1 unspecified atom stereocenters. The zero-order chi connectivity index (χ0) is 29.4. The van der Waals surface area contributed by atoms with Gasteiger partial charge < -0.3 is 10.2 Å². The highest BCUT2D eigenvalue weighted by molar-refractivity contribution is 7.92. The lowest BCUT2D eigenvalue weighted by Crippen LogP contribution is -2.53. The Morgan fingerprint density at radius 1 is 0.925 bits per heavy atom. The second-order valence-electron chi connectivity index (χ2n) is 10.6. The Hall–Kier alpha value is -3.36. The SMILES string of the molecule is Cc1ccc(CN(C(=O)CN(c2ccc(C)c(Cl)c2)S(C)(=O)=O)C(Cc2ccccc2)C(=O)NCC(C)C)cc1. The van der Waals surface area contributed by atoms with Crippen molar-refractivity contribution in [2.75, 3.05) is 23.7 Å². The third-order valence-electron chi connectivity index (χ3n) is 6.55. The Kier molecular flexibility index (Phi) is 10.8. The molecule has 0 bridgehead atoms. The van der Waals surface area contributed by atoms with Crippen LogP contribution in [0.4, 0.5) is 5.69 Å². The van der Waals surface area contributed by atoms with Crippen molar-refractivity contribution in [3.05, 3.63) is 100 Å². The van der Waals surface area contributed by atoms with Gasteiger partial charge in [0.15, 0.2) is 0 Å². The number of hydrogen-bond donors (Lipinski definition) is 1. The number of carbonyl (C=O) groups is 2. The zero-order valence-corrected chi connectivity index (χ0v) is 25.3. The Morgan fingerprint density at radius 3 is 2.15 bits per heavy atom. The number of sulfonamides is 1. The van der Waals surface area contributed by atoms with Gasteiger partial charge in [0, 0.05) is 24.5 Å². The lowest BCUT2D eigenvalue weighted by atomic mass is 10.0. The summed E-state index contributed by atoms with van der Waals surface area (Å²) in [7, 11) is -3.85. The molecule has 0 heterocycles. The Labute approximate surface area is 243 Å². The molecule has 1 N–H and O–H groups in total. The summed E-state index contributed by atoms with van der Waals surface area (Å²) >= 11 is 6.30. The normalized spacial score (nSPS) is 12.2. The van der Waals surface area contributed by atoms with Crippen LogP contribution >= 0.6 is 11.6 Å². The summed E-state index contributed by atoms with van der Waals surface area (Å²) in [6.45, 7) is 7.89. The molecule has 1 atom stereocenters. The highest BCUT2D eigenvalue weighted by atomic mass is 35.5. The maximum atomic E-state index is 14.1. The minimum absolute atomic E-state index is 0.137. The quantitative estimate of drug-likeness (QED) is 0.320. The molecule has 7 nitrogen and oxygen atoms in total. The number of benzene rings is 3. The Bertz CT molecular complexity index is 1410. The minimum Gasteiger partial charge on any atom is -0.354 e. The van der Waals surface area contributed by atoms with Gasteiger partial charge in [0.05, 0.1) is 11.9 Å². The van der Waals surface area contributed by atoms with Crippen LogP contribution in [0.1, 0.15) is 36.1 Å². The summed E-state index contributed by atoms with van der Waals surface area (Å²) in [4.78, 5) is 29.2. The summed E-state index contributed by atoms with van der Waals surface area (Å²) in [5, 5.41) is 3.37. The molecule has 0 saturated carbocycles. The van der Waals surface area contributed by atoms with Crippen molar-refractivity contribution in [1.29, 1.82) is 0 Å². The summed E-state index contributed by atoms with van der Waals surface area (Å²) in [6, 6.07) is 21.2. The predicted molar refractivity (Wildman–Crippen MR) is 162 cm³/mol. The van der Waals surface area contributed by atoms with Crippen LogP contribution < -0.4 is 9.62 Å². The van der Waals surface area contributed by atoms with Gasteiger partial charge in [-0.15, -0.1) is 0 Å². The molecule has 0 aliphatic rings. The van der Waals surface area contributed by atoms with E-state index in [-0.39, 0.29) is 30.5 Å². The van der Waals surface area contributed by atoms with Crippen LogP contribution in [0.2, 0.25) is 5.02 Å². The smallest absolute Gasteiger partial charge is 0.244 e. The second-order valence-corrected chi connectivity index (χ2v) is 12.9. The first-order valence-corrected chi connectivity index (χ1v) is 15.5. The van der Waals surface area contributed by atoms with Crippen LogP contribution in [0.25, 0.3) is 0 Å². The molecule has 3 aromatic carbocycles. The third kappa shape index (κ3) is 8.83. The average molecular weight is 584 g/mol. The van der Waals surface area contributed by atoms with Crippen molar-refractivity contribution >= 4 is 39.1 Å². The number of anilines is 1. The van der Waals surface area contributed by atoms with E-state index in [1.807, 2.05) is 82.3 Å². The number of aryl methyl sites for hydroxylation is 2. The van der Waals surface area contributed by atoms with Crippen molar-refractivity contribution in [3.63, 3.8) is 0 Å². The molecule has 0 saturated heterocycles. The summed E-state index contributed by atoms with van der Waals surface area (Å²) < 4.78 is 26.8. The standard InChI is InChI=1S/C31H38ClN3O4S/c1-22(2)19-33-31(37)29(17-25-9-7-6-8-10-25)34(20-26-14-11-23(3)12-15-26)30(36)21-35(40(5,38)39)27-16-13-24(4)28(32)18-27/h6-16,18,22,29H,17,19-21H2,1-5H3,(H,33,37). The fourth-order valence-electron chi connectivity index (χ4n) is 4.22. The van der Waals surface area contributed by atoms with Crippen LogP contribution in [-0.4, -0.2) is 50.5 Å². The first kappa shape index (κ1) is 31.2. The summed E-state index contributed by atoms with van der Waals surface area (Å²) in [6.07, 6.45) is 1.33. The van der Waals surface area contributed by atoms with E-state index in [0.717, 1.165) is 32.8 Å². The maximum absolute atomic E-state index is 14.1. The van der Waals surface area contributed by atoms with Crippen molar-refractivity contribution in [2.45, 2.75) is 46.7 Å². The monoisotopic (exact) mass is 583 g/mol.